The van der Waals surface area contributed by atoms with Crippen LogP contribution in [0.5, 0.6) is 0 Å². The van der Waals surface area contributed by atoms with Crippen LogP contribution in [0, 0.1) is 6.92 Å². The van der Waals surface area contributed by atoms with Crippen molar-refractivity contribution in [1.29, 1.82) is 0 Å². The molecule has 0 aliphatic carbocycles. The SMILES string of the molecule is Cc1ccc(-c2nnc(S(=O)(=O)Cc3ccc(CO)cc3)n2C)cc1. The summed E-state index contributed by atoms with van der Waals surface area (Å²) in [5.41, 5.74) is 3.30. The van der Waals surface area contributed by atoms with Crippen molar-refractivity contribution in [1.82, 2.24) is 14.8 Å². The van der Waals surface area contributed by atoms with Gasteiger partial charge in [-0.2, -0.15) is 0 Å². The Morgan fingerprint density at radius 2 is 1.56 bits per heavy atom. The van der Waals surface area contributed by atoms with Gasteiger partial charge in [0.25, 0.3) is 0 Å². The molecule has 6 nitrogen and oxygen atoms in total. The number of aromatic nitrogens is 3. The number of sulfone groups is 1. The van der Waals surface area contributed by atoms with E-state index in [-0.39, 0.29) is 17.5 Å². The zero-order valence-electron chi connectivity index (χ0n) is 14.0. The van der Waals surface area contributed by atoms with Gasteiger partial charge in [-0.3, -0.25) is 0 Å². The summed E-state index contributed by atoms with van der Waals surface area (Å²) < 4.78 is 26.9. The Morgan fingerprint density at radius 3 is 2.16 bits per heavy atom. The third-order valence-corrected chi connectivity index (χ3v) is 5.61. The molecule has 25 heavy (non-hydrogen) atoms. The van der Waals surface area contributed by atoms with Gasteiger partial charge < -0.3 is 9.67 Å². The van der Waals surface area contributed by atoms with E-state index in [0.717, 1.165) is 16.7 Å². The molecule has 0 aliphatic rings. The summed E-state index contributed by atoms with van der Waals surface area (Å²) in [5.74, 6) is 0.340. The fraction of sp³-hybridized carbons (Fsp3) is 0.222. The lowest BCUT2D eigenvalue weighted by Crippen LogP contribution is -2.11. The van der Waals surface area contributed by atoms with E-state index in [2.05, 4.69) is 10.2 Å². The van der Waals surface area contributed by atoms with E-state index in [1.54, 1.807) is 31.3 Å². The summed E-state index contributed by atoms with van der Waals surface area (Å²) in [6.07, 6.45) is 0. The van der Waals surface area contributed by atoms with Crippen LogP contribution in [0.1, 0.15) is 16.7 Å². The Hall–Kier alpha value is -2.51. The molecule has 7 heteroatoms. The first-order valence-corrected chi connectivity index (χ1v) is 9.44. The number of rotatable bonds is 5. The molecule has 1 N–H and O–H groups in total. The van der Waals surface area contributed by atoms with Crippen molar-refractivity contribution in [3.8, 4) is 11.4 Å². The van der Waals surface area contributed by atoms with E-state index < -0.39 is 9.84 Å². The highest BCUT2D eigenvalue weighted by molar-refractivity contribution is 7.90. The lowest BCUT2D eigenvalue weighted by atomic mass is 10.1. The minimum Gasteiger partial charge on any atom is -0.392 e. The molecule has 2 aromatic carbocycles. The first kappa shape index (κ1) is 17.3. The van der Waals surface area contributed by atoms with Gasteiger partial charge in [0.1, 0.15) is 0 Å². The molecule has 130 valence electrons. The maximum Gasteiger partial charge on any atom is 0.250 e. The van der Waals surface area contributed by atoms with E-state index in [0.29, 0.717) is 11.4 Å². The highest BCUT2D eigenvalue weighted by Gasteiger charge is 2.24. The number of aliphatic hydroxyl groups excluding tert-OH is 1. The molecule has 3 aromatic rings. The van der Waals surface area contributed by atoms with Crippen LogP contribution in [0.15, 0.2) is 53.7 Å². The number of hydrogen-bond acceptors (Lipinski definition) is 5. The van der Waals surface area contributed by atoms with Gasteiger partial charge >= 0.3 is 0 Å². The van der Waals surface area contributed by atoms with Crippen LogP contribution in [-0.2, 0) is 29.2 Å². The maximum atomic E-state index is 12.7. The average Bonchev–Trinajstić information content (AvgIpc) is 2.98. The molecule has 1 aromatic heterocycles. The van der Waals surface area contributed by atoms with Gasteiger partial charge in [-0.1, -0.05) is 54.1 Å². The molecule has 0 saturated heterocycles. The lowest BCUT2D eigenvalue weighted by Gasteiger charge is -2.06. The Balaban J connectivity index is 1.91. The average molecular weight is 357 g/mol. The summed E-state index contributed by atoms with van der Waals surface area (Å²) in [6.45, 7) is 1.91. The minimum atomic E-state index is -3.63. The number of benzene rings is 2. The summed E-state index contributed by atoms with van der Waals surface area (Å²) >= 11 is 0. The third-order valence-electron chi connectivity index (χ3n) is 3.99. The second-order valence-corrected chi connectivity index (χ2v) is 7.85. The number of aryl methyl sites for hydroxylation is 1. The molecule has 0 bridgehead atoms. The van der Waals surface area contributed by atoms with Gasteiger partial charge in [0.05, 0.1) is 12.4 Å². The topological polar surface area (TPSA) is 85.1 Å². The number of hydrogen-bond donors (Lipinski definition) is 1. The summed E-state index contributed by atoms with van der Waals surface area (Å²) in [5, 5.41) is 17.0. The second-order valence-electron chi connectivity index (χ2n) is 5.96. The van der Waals surface area contributed by atoms with Crippen molar-refractivity contribution in [2.75, 3.05) is 0 Å². The van der Waals surface area contributed by atoms with Crippen LogP contribution in [0.2, 0.25) is 0 Å². The molecular weight excluding hydrogens is 338 g/mol. The molecule has 3 rings (SSSR count). The van der Waals surface area contributed by atoms with E-state index in [1.807, 2.05) is 31.2 Å². The van der Waals surface area contributed by atoms with Gasteiger partial charge in [0.15, 0.2) is 5.82 Å². The Morgan fingerprint density at radius 1 is 0.960 bits per heavy atom. The van der Waals surface area contributed by atoms with Crippen LogP contribution in [0.25, 0.3) is 11.4 Å². The Labute approximate surface area is 146 Å². The molecule has 0 aliphatic heterocycles. The third kappa shape index (κ3) is 3.62. The Bertz CT molecular complexity index is 975. The van der Waals surface area contributed by atoms with Gasteiger partial charge in [-0.05, 0) is 18.1 Å². The first-order valence-electron chi connectivity index (χ1n) is 7.78. The molecule has 0 unspecified atom stereocenters. The van der Waals surface area contributed by atoms with Gasteiger partial charge in [-0.25, -0.2) is 8.42 Å². The molecular formula is C18H19N3O3S. The van der Waals surface area contributed by atoms with Crippen LogP contribution < -0.4 is 0 Å². The standard InChI is InChI=1S/C18H19N3O3S/c1-13-3-9-16(10-4-13)17-19-20-18(21(17)2)25(23,24)12-15-7-5-14(11-22)6-8-15/h3-10,22H,11-12H2,1-2H3. The zero-order valence-corrected chi connectivity index (χ0v) is 14.9. The van der Waals surface area contributed by atoms with Crippen molar-refractivity contribution < 1.29 is 13.5 Å². The van der Waals surface area contributed by atoms with Crippen molar-refractivity contribution in [3.05, 3.63) is 65.2 Å². The predicted octanol–water partition coefficient (Wildman–Crippen LogP) is 2.26. The fourth-order valence-corrected chi connectivity index (χ4v) is 3.99. The number of aliphatic hydroxyl groups is 1. The molecule has 1 heterocycles. The van der Waals surface area contributed by atoms with E-state index in [1.165, 1.54) is 4.57 Å². The zero-order chi connectivity index (χ0) is 18.0. The fourth-order valence-electron chi connectivity index (χ4n) is 2.56. The second kappa shape index (κ2) is 6.78. The van der Waals surface area contributed by atoms with Crippen LogP contribution in [-0.4, -0.2) is 28.3 Å². The van der Waals surface area contributed by atoms with Crippen molar-refractivity contribution in [3.63, 3.8) is 0 Å². The summed E-state index contributed by atoms with van der Waals surface area (Å²) in [7, 11) is -1.98. The molecule has 0 amide bonds. The van der Waals surface area contributed by atoms with Crippen molar-refractivity contribution in [2.45, 2.75) is 24.4 Å². The highest BCUT2D eigenvalue weighted by atomic mass is 32.2. The smallest absolute Gasteiger partial charge is 0.250 e. The largest absolute Gasteiger partial charge is 0.392 e. The monoisotopic (exact) mass is 357 g/mol. The summed E-state index contributed by atoms with van der Waals surface area (Å²) in [4.78, 5) is 0. The lowest BCUT2D eigenvalue weighted by molar-refractivity contribution is 0.282. The van der Waals surface area contributed by atoms with Crippen LogP contribution in [0.4, 0.5) is 0 Å². The summed E-state index contributed by atoms with van der Waals surface area (Å²) in [6, 6.07) is 14.5. The normalized spacial score (nSPS) is 11.6. The highest BCUT2D eigenvalue weighted by Crippen LogP contribution is 2.22. The van der Waals surface area contributed by atoms with E-state index in [4.69, 9.17) is 5.11 Å². The molecule has 0 saturated carbocycles. The van der Waals surface area contributed by atoms with Crippen LogP contribution in [0.3, 0.4) is 0 Å². The number of nitrogens with zero attached hydrogens (tertiary/aromatic N) is 3. The van der Waals surface area contributed by atoms with Gasteiger partial charge in [0, 0.05) is 12.6 Å². The molecule has 0 atom stereocenters. The minimum absolute atomic E-state index is 0.0608. The van der Waals surface area contributed by atoms with Crippen molar-refractivity contribution >= 4 is 9.84 Å². The van der Waals surface area contributed by atoms with Gasteiger partial charge in [0.2, 0.25) is 15.0 Å². The van der Waals surface area contributed by atoms with E-state index >= 15 is 0 Å². The quantitative estimate of drug-likeness (QED) is 0.757. The first-order chi connectivity index (χ1) is 11.9. The molecule has 0 fully saturated rings. The maximum absolute atomic E-state index is 12.7. The van der Waals surface area contributed by atoms with Crippen LogP contribution >= 0.6 is 0 Å². The molecule has 0 radical (unpaired) electrons. The van der Waals surface area contributed by atoms with Crippen molar-refractivity contribution in [2.24, 2.45) is 7.05 Å². The predicted molar refractivity (Wildman–Crippen MR) is 94.4 cm³/mol. The van der Waals surface area contributed by atoms with Gasteiger partial charge in [-0.15, -0.1) is 10.2 Å². The molecule has 0 spiro atoms. The van der Waals surface area contributed by atoms with E-state index in [9.17, 15) is 8.42 Å². The Kier molecular flexibility index (Phi) is 4.69.